The van der Waals surface area contributed by atoms with Gasteiger partial charge in [0.25, 0.3) is 0 Å². The number of hydrogen-bond donors (Lipinski definition) is 1. The van der Waals surface area contributed by atoms with Crippen molar-refractivity contribution in [1.82, 2.24) is 0 Å². The first-order chi connectivity index (χ1) is 8.02. The maximum absolute atomic E-state index is 10.8. The Morgan fingerprint density at radius 2 is 2.00 bits per heavy atom. The molecule has 0 amide bonds. The number of rotatable bonds is 4. The van der Waals surface area contributed by atoms with Gasteiger partial charge in [-0.05, 0) is 23.8 Å². The lowest BCUT2D eigenvalue weighted by molar-refractivity contribution is -0.132. The summed E-state index contributed by atoms with van der Waals surface area (Å²) in [5, 5.41) is 8.49. The molecule has 1 aromatic rings. The molecule has 0 aliphatic heterocycles. The maximum atomic E-state index is 10.8. The van der Waals surface area contributed by atoms with Crippen molar-refractivity contribution in [3.05, 3.63) is 29.8 Å². The van der Waals surface area contributed by atoms with Gasteiger partial charge in [-0.2, -0.15) is 0 Å². The zero-order chi connectivity index (χ0) is 12.8. The molecule has 0 saturated heterocycles. The number of carboxylic acid groups (broad SMARTS) is 1. The number of benzene rings is 1. The molecule has 90 valence electrons. The molecule has 0 spiro atoms. The molecule has 1 N–H and O–H groups in total. The van der Waals surface area contributed by atoms with Crippen molar-refractivity contribution in [2.45, 2.75) is 6.92 Å². The fourth-order valence-corrected chi connectivity index (χ4v) is 1.19. The molecule has 0 radical (unpaired) electrons. The SMILES string of the molecule is COc1cc(C=CC(=O)O)ccc1OC(C)=O. The second-order valence-electron chi connectivity index (χ2n) is 3.18. The Balaban J connectivity index is 2.99. The van der Waals surface area contributed by atoms with Crippen LogP contribution in [0.4, 0.5) is 0 Å². The van der Waals surface area contributed by atoms with E-state index in [0.29, 0.717) is 17.1 Å². The largest absolute Gasteiger partial charge is 0.493 e. The van der Waals surface area contributed by atoms with Gasteiger partial charge < -0.3 is 14.6 Å². The van der Waals surface area contributed by atoms with Crippen LogP contribution in [-0.2, 0) is 9.59 Å². The summed E-state index contributed by atoms with van der Waals surface area (Å²) in [6.45, 7) is 1.29. The third-order valence-corrected chi connectivity index (χ3v) is 1.86. The quantitative estimate of drug-likeness (QED) is 0.489. The highest BCUT2D eigenvalue weighted by Gasteiger charge is 2.06. The van der Waals surface area contributed by atoms with Crippen LogP contribution in [-0.4, -0.2) is 24.2 Å². The minimum Gasteiger partial charge on any atom is -0.493 e. The van der Waals surface area contributed by atoms with Crippen LogP contribution in [0.15, 0.2) is 24.3 Å². The van der Waals surface area contributed by atoms with Crippen LogP contribution in [0.5, 0.6) is 11.5 Å². The van der Waals surface area contributed by atoms with E-state index in [1.807, 2.05) is 0 Å². The lowest BCUT2D eigenvalue weighted by atomic mass is 10.2. The lowest BCUT2D eigenvalue weighted by Gasteiger charge is -2.08. The summed E-state index contributed by atoms with van der Waals surface area (Å²) < 4.78 is 9.95. The van der Waals surface area contributed by atoms with E-state index < -0.39 is 11.9 Å². The molecule has 17 heavy (non-hydrogen) atoms. The Morgan fingerprint density at radius 1 is 1.29 bits per heavy atom. The number of carbonyl (C=O) groups is 2. The van der Waals surface area contributed by atoms with Crippen molar-refractivity contribution < 1.29 is 24.2 Å². The normalized spacial score (nSPS) is 10.2. The highest BCUT2D eigenvalue weighted by atomic mass is 16.6. The third kappa shape index (κ3) is 3.98. The molecule has 0 aliphatic rings. The zero-order valence-corrected chi connectivity index (χ0v) is 9.47. The van der Waals surface area contributed by atoms with Crippen LogP contribution in [0.1, 0.15) is 12.5 Å². The average molecular weight is 236 g/mol. The Bertz CT molecular complexity index is 462. The summed E-state index contributed by atoms with van der Waals surface area (Å²) >= 11 is 0. The Labute approximate surface area is 98.3 Å². The molecule has 0 saturated carbocycles. The van der Waals surface area contributed by atoms with Crippen LogP contribution in [0, 0.1) is 0 Å². The number of carboxylic acids is 1. The maximum Gasteiger partial charge on any atom is 0.328 e. The van der Waals surface area contributed by atoms with Crippen molar-refractivity contribution in [2.75, 3.05) is 7.11 Å². The Kier molecular flexibility index (Phi) is 4.28. The molecule has 1 aromatic carbocycles. The molecular formula is C12H12O5. The average Bonchev–Trinajstić information content (AvgIpc) is 2.26. The predicted molar refractivity (Wildman–Crippen MR) is 61.0 cm³/mol. The standard InChI is InChI=1S/C12H12O5/c1-8(13)17-10-5-3-9(4-6-12(14)15)7-11(10)16-2/h3-7H,1-2H3,(H,14,15). The first-order valence-electron chi connectivity index (χ1n) is 4.80. The fourth-order valence-electron chi connectivity index (χ4n) is 1.19. The molecule has 5 nitrogen and oxygen atoms in total. The van der Waals surface area contributed by atoms with Gasteiger partial charge in [-0.1, -0.05) is 6.07 Å². The van der Waals surface area contributed by atoms with E-state index >= 15 is 0 Å². The van der Waals surface area contributed by atoms with Crippen molar-refractivity contribution in [3.8, 4) is 11.5 Å². The smallest absolute Gasteiger partial charge is 0.328 e. The van der Waals surface area contributed by atoms with E-state index in [9.17, 15) is 9.59 Å². The summed E-state index contributed by atoms with van der Waals surface area (Å²) in [5.41, 5.74) is 0.639. The predicted octanol–water partition coefficient (Wildman–Crippen LogP) is 1.72. The Morgan fingerprint density at radius 3 is 2.53 bits per heavy atom. The van der Waals surface area contributed by atoms with Crippen molar-refractivity contribution in [1.29, 1.82) is 0 Å². The summed E-state index contributed by atoms with van der Waals surface area (Å²) in [6.07, 6.45) is 2.43. The van der Waals surface area contributed by atoms with Gasteiger partial charge in [-0.25, -0.2) is 4.79 Å². The molecule has 0 heterocycles. The van der Waals surface area contributed by atoms with Crippen molar-refractivity contribution >= 4 is 18.0 Å². The van der Waals surface area contributed by atoms with Crippen molar-refractivity contribution in [3.63, 3.8) is 0 Å². The van der Waals surface area contributed by atoms with Crippen LogP contribution >= 0.6 is 0 Å². The minimum absolute atomic E-state index is 0.299. The second kappa shape index (κ2) is 5.69. The highest BCUT2D eigenvalue weighted by Crippen LogP contribution is 2.28. The topological polar surface area (TPSA) is 72.8 Å². The summed E-state index contributed by atoms with van der Waals surface area (Å²) in [4.78, 5) is 21.2. The van der Waals surface area contributed by atoms with E-state index in [0.717, 1.165) is 6.08 Å². The first kappa shape index (κ1) is 12.8. The third-order valence-electron chi connectivity index (χ3n) is 1.86. The number of ether oxygens (including phenoxy) is 2. The van der Waals surface area contributed by atoms with Gasteiger partial charge in [0.05, 0.1) is 7.11 Å². The van der Waals surface area contributed by atoms with Crippen LogP contribution in [0.2, 0.25) is 0 Å². The van der Waals surface area contributed by atoms with E-state index in [4.69, 9.17) is 14.6 Å². The second-order valence-corrected chi connectivity index (χ2v) is 3.18. The van der Waals surface area contributed by atoms with Gasteiger partial charge in [-0.3, -0.25) is 4.79 Å². The van der Waals surface area contributed by atoms with Crippen LogP contribution in [0.25, 0.3) is 6.08 Å². The number of esters is 1. The van der Waals surface area contributed by atoms with Gasteiger partial charge in [0.1, 0.15) is 0 Å². The number of methoxy groups -OCH3 is 1. The molecular weight excluding hydrogens is 224 g/mol. The van der Waals surface area contributed by atoms with Crippen LogP contribution in [0.3, 0.4) is 0 Å². The molecule has 5 heteroatoms. The van der Waals surface area contributed by atoms with Crippen LogP contribution < -0.4 is 9.47 Å². The fraction of sp³-hybridized carbons (Fsp3) is 0.167. The molecule has 1 rings (SSSR count). The van der Waals surface area contributed by atoms with Gasteiger partial charge in [0, 0.05) is 13.0 Å². The number of aliphatic carboxylic acids is 1. The summed E-state index contributed by atoms with van der Waals surface area (Å²) in [7, 11) is 1.44. The van der Waals surface area contributed by atoms with E-state index in [1.54, 1.807) is 18.2 Å². The summed E-state index contributed by atoms with van der Waals surface area (Å²) in [5.74, 6) is -0.814. The van der Waals surface area contributed by atoms with Gasteiger partial charge in [0.2, 0.25) is 0 Å². The Hall–Kier alpha value is -2.30. The molecule has 0 aromatic heterocycles. The van der Waals surface area contributed by atoms with E-state index in [2.05, 4.69) is 0 Å². The van der Waals surface area contributed by atoms with E-state index in [1.165, 1.54) is 20.1 Å². The van der Waals surface area contributed by atoms with Crippen molar-refractivity contribution in [2.24, 2.45) is 0 Å². The molecule has 0 bridgehead atoms. The number of carbonyl (C=O) groups excluding carboxylic acids is 1. The zero-order valence-electron chi connectivity index (χ0n) is 9.47. The first-order valence-corrected chi connectivity index (χ1v) is 4.80. The van der Waals surface area contributed by atoms with Gasteiger partial charge in [-0.15, -0.1) is 0 Å². The molecule has 0 fully saturated rings. The number of hydrogen-bond acceptors (Lipinski definition) is 4. The van der Waals surface area contributed by atoms with E-state index in [-0.39, 0.29) is 0 Å². The lowest BCUT2D eigenvalue weighted by Crippen LogP contribution is -2.03. The highest BCUT2D eigenvalue weighted by molar-refractivity contribution is 5.85. The summed E-state index contributed by atoms with van der Waals surface area (Å²) in [6, 6.07) is 4.75. The minimum atomic E-state index is -1.03. The molecule has 0 atom stereocenters. The monoisotopic (exact) mass is 236 g/mol. The van der Waals surface area contributed by atoms with Gasteiger partial charge >= 0.3 is 11.9 Å². The molecule has 0 unspecified atom stereocenters. The molecule has 0 aliphatic carbocycles. The van der Waals surface area contributed by atoms with Gasteiger partial charge in [0.15, 0.2) is 11.5 Å².